The highest BCUT2D eigenvalue weighted by Gasteiger charge is 2.31. The molecule has 5 heteroatoms. The van der Waals surface area contributed by atoms with Gasteiger partial charge in [0.05, 0.1) is 0 Å². The number of halogens is 1. The number of fused-ring (bicyclic) bond motifs is 1. The van der Waals surface area contributed by atoms with Crippen LogP contribution in [-0.2, 0) is 0 Å². The van der Waals surface area contributed by atoms with Crippen LogP contribution in [0.25, 0.3) is 6.08 Å². The molecular weight excluding hydrogens is 263 g/mol. The van der Waals surface area contributed by atoms with E-state index < -0.39 is 5.78 Å². The molecule has 1 heterocycles. The van der Waals surface area contributed by atoms with Gasteiger partial charge in [-0.15, -0.1) is 0 Å². The molecule has 20 heavy (non-hydrogen) atoms. The van der Waals surface area contributed by atoms with Crippen molar-refractivity contribution in [2.45, 2.75) is 0 Å². The highest BCUT2D eigenvalue weighted by atomic mass is 19.1. The van der Waals surface area contributed by atoms with Gasteiger partial charge in [0.25, 0.3) is 0 Å². The molecule has 2 aromatic carbocycles. The second kappa shape index (κ2) is 4.38. The van der Waals surface area contributed by atoms with Crippen molar-refractivity contribution in [3.05, 3.63) is 59.1 Å². The predicted octanol–water partition coefficient (Wildman–Crippen LogP) is 2.85. The lowest BCUT2D eigenvalue weighted by atomic mass is 10.1. The van der Waals surface area contributed by atoms with Crippen molar-refractivity contribution in [1.82, 2.24) is 0 Å². The predicted molar refractivity (Wildman–Crippen MR) is 69.1 cm³/mol. The van der Waals surface area contributed by atoms with Crippen molar-refractivity contribution >= 4 is 11.9 Å². The standard InChI is InChI=1S/C15H9FO4/c16-9-3-1-8(2-4-9)5-13-15(19)14-11(18)6-10(17)7-12(14)20-13/h1-7,17-18H/b13-5-. The van der Waals surface area contributed by atoms with E-state index in [9.17, 15) is 19.4 Å². The van der Waals surface area contributed by atoms with Gasteiger partial charge in [0.1, 0.15) is 28.6 Å². The highest BCUT2D eigenvalue weighted by molar-refractivity contribution is 6.16. The average Bonchev–Trinajstić information content (AvgIpc) is 2.69. The maximum Gasteiger partial charge on any atom is 0.235 e. The first-order chi connectivity index (χ1) is 9.54. The molecular formula is C15H9FO4. The Balaban J connectivity index is 2.01. The van der Waals surface area contributed by atoms with Crippen molar-refractivity contribution < 1.29 is 24.1 Å². The molecule has 0 amide bonds. The van der Waals surface area contributed by atoms with Crippen LogP contribution in [-0.4, -0.2) is 16.0 Å². The third kappa shape index (κ3) is 1.99. The molecule has 0 saturated carbocycles. The number of hydrogen-bond acceptors (Lipinski definition) is 4. The number of allylic oxidation sites excluding steroid dienone is 1. The molecule has 0 saturated heterocycles. The van der Waals surface area contributed by atoms with Crippen molar-refractivity contribution in [1.29, 1.82) is 0 Å². The average molecular weight is 272 g/mol. The number of hydrogen-bond donors (Lipinski definition) is 2. The fraction of sp³-hybridized carbons (Fsp3) is 0. The number of carbonyl (C=O) groups is 1. The van der Waals surface area contributed by atoms with Crippen molar-refractivity contribution in [2.24, 2.45) is 0 Å². The molecule has 0 bridgehead atoms. The summed E-state index contributed by atoms with van der Waals surface area (Å²) in [5.74, 6) is -1.29. The van der Waals surface area contributed by atoms with Crippen LogP contribution in [0.2, 0.25) is 0 Å². The van der Waals surface area contributed by atoms with Gasteiger partial charge >= 0.3 is 0 Å². The molecule has 0 unspecified atom stereocenters. The monoisotopic (exact) mass is 272 g/mol. The van der Waals surface area contributed by atoms with Crippen LogP contribution >= 0.6 is 0 Å². The molecule has 4 nitrogen and oxygen atoms in total. The molecule has 0 radical (unpaired) electrons. The van der Waals surface area contributed by atoms with Gasteiger partial charge < -0.3 is 14.9 Å². The van der Waals surface area contributed by atoms with Crippen LogP contribution in [0.5, 0.6) is 17.2 Å². The lowest BCUT2D eigenvalue weighted by Crippen LogP contribution is -1.98. The maximum absolute atomic E-state index is 12.8. The Morgan fingerprint density at radius 2 is 1.80 bits per heavy atom. The molecule has 0 aromatic heterocycles. The lowest BCUT2D eigenvalue weighted by Gasteiger charge is -2.00. The summed E-state index contributed by atoms with van der Waals surface area (Å²) in [5, 5.41) is 19.0. The number of carbonyl (C=O) groups excluding carboxylic acids is 1. The fourth-order valence-electron chi connectivity index (χ4n) is 1.99. The second-order valence-corrected chi connectivity index (χ2v) is 4.33. The van der Waals surface area contributed by atoms with Gasteiger partial charge in [-0.05, 0) is 23.8 Å². The Hall–Kier alpha value is -2.82. The number of aromatic hydroxyl groups is 2. The van der Waals surface area contributed by atoms with Crippen molar-refractivity contribution in [3.8, 4) is 17.2 Å². The van der Waals surface area contributed by atoms with Crippen molar-refractivity contribution in [2.75, 3.05) is 0 Å². The Morgan fingerprint density at radius 3 is 2.50 bits per heavy atom. The summed E-state index contributed by atoms with van der Waals surface area (Å²) >= 11 is 0. The van der Waals surface area contributed by atoms with Crippen LogP contribution in [0.15, 0.2) is 42.2 Å². The summed E-state index contributed by atoms with van der Waals surface area (Å²) in [6.07, 6.45) is 1.44. The first-order valence-electron chi connectivity index (χ1n) is 5.80. The fourth-order valence-corrected chi connectivity index (χ4v) is 1.99. The maximum atomic E-state index is 12.8. The van der Waals surface area contributed by atoms with Gasteiger partial charge in [-0.25, -0.2) is 4.39 Å². The summed E-state index contributed by atoms with van der Waals surface area (Å²) in [6.45, 7) is 0. The second-order valence-electron chi connectivity index (χ2n) is 4.33. The quantitative estimate of drug-likeness (QED) is 0.783. The summed E-state index contributed by atoms with van der Waals surface area (Å²) in [5.41, 5.74) is 0.599. The smallest absolute Gasteiger partial charge is 0.235 e. The van der Waals surface area contributed by atoms with E-state index in [4.69, 9.17) is 4.74 Å². The van der Waals surface area contributed by atoms with Crippen molar-refractivity contribution in [3.63, 3.8) is 0 Å². The van der Waals surface area contributed by atoms with Gasteiger partial charge in [-0.3, -0.25) is 4.79 Å². The van der Waals surface area contributed by atoms with Crippen LogP contribution in [0.1, 0.15) is 15.9 Å². The van der Waals surface area contributed by atoms with E-state index in [0.29, 0.717) is 5.56 Å². The van der Waals surface area contributed by atoms with Gasteiger partial charge in [-0.1, -0.05) is 12.1 Å². The Labute approximate surface area is 113 Å². The zero-order valence-electron chi connectivity index (χ0n) is 10.1. The summed E-state index contributed by atoms with van der Waals surface area (Å²) in [7, 11) is 0. The minimum Gasteiger partial charge on any atom is -0.508 e. The van der Waals surface area contributed by atoms with E-state index in [0.717, 1.165) is 6.07 Å². The number of ether oxygens (including phenoxy) is 1. The van der Waals surface area contributed by atoms with E-state index in [1.807, 2.05) is 0 Å². The largest absolute Gasteiger partial charge is 0.508 e. The third-order valence-electron chi connectivity index (χ3n) is 2.90. The molecule has 0 aliphatic carbocycles. The molecule has 0 fully saturated rings. The normalized spacial score (nSPS) is 15.2. The molecule has 0 atom stereocenters. The number of rotatable bonds is 1. The first-order valence-corrected chi connectivity index (χ1v) is 5.80. The molecule has 100 valence electrons. The molecule has 1 aliphatic heterocycles. The molecule has 2 aromatic rings. The number of phenolic OH excluding ortho intramolecular Hbond substituents is 2. The van der Waals surface area contributed by atoms with Crippen LogP contribution in [0, 0.1) is 5.82 Å². The summed E-state index contributed by atoms with van der Waals surface area (Å²) in [4.78, 5) is 12.1. The highest BCUT2D eigenvalue weighted by Crippen LogP contribution is 2.40. The SMILES string of the molecule is O=C1/C(=C/c2ccc(F)cc2)Oc2cc(O)cc(O)c21. The van der Waals surface area contributed by atoms with Gasteiger partial charge in [-0.2, -0.15) is 0 Å². The molecule has 3 rings (SSSR count). The lowest BCUT2D eigenvalue weighted by molar-refractivity contribution is 0.101. The number of ketones is 1. The zero-order chi connectivity index (χ0) is 14.3. The van der Waals surface area contributed by atoms with E-state index in [1.54, 1.807) is 0 Å². The van der Waals surface area contributed by atoms with Gasteiger partial charge in [0.15, 0.2) is 5.76 Å². The number of benzene rings is 2. The zero-order valence-corrected chi connectivity index (χ0v) is 10.1. The minimum atomic E-state index is -0.484. The van der Waals surface area contributed by atoms with Gasteiger partial charge in [0, 0.05) is 12.1 Å². The van der Waals surface area contributed by atoms with Crippen LogP contribution in [0.4, 0.5) is 4.39 Å². The Morgan fingerprint density at radius 1 is 1.10 bits per heavy atom. The van der Waals surface area contributed by atoms with E-state index in [1.165, 1.54) is 36.4 Å². The van der Waals surface area contributed by atoms with Crippen LogP contribution in [0.3, 0.4) is 0 Å². The minimum absolute atomic E-state index is 0.00695. The van der Waals surface area contributed by atoms with E-state index in [-0.39, 0.29) is 34.4 Å². The van der Waals surface area contributed by atoms with Crippen LogP contribution < -0.4 is 4.74 Å². The first kappa shape index (κ1) is 12.2. The summed E-state index contributed by atoms with van der Waals surface area (Å²) in [6, 6.07) is 7.85. The Kier molecular flexibility index (Phi) is 2.68. The summed E-state index contributed by atoms with van der Waals surface area (Å²) < 4.78 is 18.1. The third-order valence-corrected chi connectivity index (χ3v) is 2.90. The Bertz CT molecular complexity index is 732. The molecule has 2 N–H and O–H groups in total. The van der Waals surface area contributed by atoms with Gasteiger partial charge in [0.2, 0.25) is 5.78 Å². The number of Topliss-reactive ketones (excluding diaryl/α,β-unsaturated/α-hetero) is 1. The number of phenols is 2. The van der Waals surface area contributed by atoms with E-state index >= 15 is 0 Å². The molecule has 1 aliphatic rings. The van der Waals surface area contributed by atoms with E-state index in [2.05, 4.69) is 0 Å². The topological polar surface area (TPSA) is 66.8 Å². The molecule has 0 spiro atoms.